The van der Waals surface area contributed by atoms with E-state index in [-0.39, 0.29) is 69.8 Å². The predicted octanol–water partition coefficient (Wildman–Crippen LogP) is 19.0. The molecule has 4 aliphatic rings. The van der Waals surface area contributed by atoms with Crippen LogP contribution in [0.1, 0.15) is 174 Å². The van der Waals surface area contributed by atoms with Crippen LogP contribution in [-0.2, 0) is 10.8 Å². The number of ether oxygens (including phenoxy) is 2. The third-order valence-electron chi connectivity index (χ3n) is 16.8. The van der Waals surface area contributed by atoms with Crippen molar-refractivity contribution in [3.05, 3.63) is 142 Å². The van der Waals surface area contributed by atoms with Crippen LogP contribution >= 0.6 is 11.6 Å². The minimum Gasteiger partial charge on any atom is -0.505 e. The van der Waals surface area contributed by atoms with E-state index in [2.05, 4.69) is 140 Å². The summed E-state index contributed by atoms with van der Waals surface area (Å²) in [6, 6.07) is 33.5. The summed E-state index contributed by atoms with van der Waals surface area (Å²) in [4.78, 5) is 4.70. The van der Waals surface area contributed by atoms with Gasteiger partial charge in [-0.3, -0.25) is 0 Å². The van der Waals surface area contributed by atoms with Crippen LogP contribution in [0.4, 0.5) is 31.5 Å². The van der Waals surface area contributed by atoms with E-state index >= 15 is 8.78 Å². The van der Waals surface area contributed by atoms with E-state index in [1.54, 1.807) is 6.07 Å². The van der Waals surface area contributed by atoms with Crippen LogP contribution in [0.25, 0.3) is 22.3 Å². The maximum Gasteiger partial charge on any atom is 0.168 e. The molecule has 6 aromatic carbocycles. The van der Waals surface area contributed by atoms with Gasteiger partial charge < -0.3 is 29.5 Å². The molecule has 76 heavy (non-hydrogen) atoms. The van der Waals surface area contributed by atoms with E-state index in [0.717, 1.165) is 92.0 Å². The van der Waals surface area contributed by atoms with Gasteiger partial charge in [0.2, 0.25) is 0 Å². The molecule has 4 atom stereocenters. The number of halogens is 3. The lowest BCUT2D eigenvalue weighted by molar-refractivity contribution is 0.242. The summed E-state index contributed by atoms with van der Waals surface area (Å²) in [5, 5.41) is 25.9. The topological polar surface area (TPSA) is 65.4 Å². The molecular formula is C67H79ClF2N2O4. The molecule has 2 saturated carbocycles. The first-order chi connectivity index (χ1) is 36.0. The predicted molar refractivity (Wildman–Crippen MR) is 309 cm³/mol. The second-order valence-corrected chi connectivity index (χ2v) is 26.7. The Hall–Kier alpha value is -5.73. The van der Waals surface area contributed by atoms with Crippen LogP contribution in [0.3, 0.4) is 0 Å². The van der Waals surface area contributed by atoms with Crippen LogP contribution in [0.15, 0.2) is 103 Å². The molecule has 0 bridgehead atoms. The standard InChI is InChI=1S/C67H79ClF2N2O4/c1-64(2,3)39-66(7,8)41-32-50(61(73)58(34-41)71-54-24-15-11-20-45(54)46-21-12-16-25-55(46)71)49-36-43(68)28-29-60(49)75-30-19-31-76-63-52(37-44(69)38-53(63)70)51-33-42(67(9,10)40-65(4,5)6)35-59(62(51)74)72-56-26-17-13-22-47(56)48-23-14-18-27-57(48)72/h11,13,15,17,20,22,24,26,28-29,32-38,46,48,55,57,73-74H,12,14,16,18-19,21,23,25,27,30-31,39-40H2,1-10H3. The van der Waals surface area contributed by atoms with Crippen molar-refractivity contribution < 1.29 is 28.5 Å². The SMILES string of the molecule is CC(C)(C)CC(C)(C)c1cc(-c2cc(Cl)ccc2OCCCOc2c(F)cc(F)cc2-c2cc(C(C)(C)CC(C)(C)C)cc(N3c4ccccc4C4CCCCC43)c2O)c(O)c(N2c3ccccc3C3CCCCC32)c1. The lowest BCUT2D eigenvalue weighted by Crippen LogP contribution is -2.33. The average Bonchev–Trinajstić information content (AvgIpc) is 3.86. The van der Waals surface area contributed by atoms with E-state index in [1.807, 2.05) is 24.3 Å². The zero-order valence-electron chi connectivity index (χ0n) is 46.6. The van der Waals surface area contributed by atoms with Gasteiger partial charge in [-0.25, -0.2) is 8.78 Å². The van der Waals surface area contributed by atoms with E-state index in [0.29, 0.717) is 51.4 Å². The number of phenols is 2. The molecule has 2 aliphatic heterocycles. The Balaban J connectivity index is 0.971. The Bertz CT molecular complexity index is 3130. The van der Waals surface area contributed by atoms with Crippen molar-refractivity contribution in [3.63, 3.8) is 0 Å². The summed E-state index contributed by atoms with van der Waals surface area (Å²) < 4.78 is 45.0. The second kappa shape index (κ2) is 20.6. The van der Waals surface area contributed by atoms with Crippen LogP contribution in [0, 0.1) is 22.5 Å². The zero-order chi connectivity index (χ0) is 54.1. The molecule has 9 heteroatoms. The maximum absolute atomic E-state index is 16.4. The van der Waals surface area contributed by atoms with E-state index < -0.39 is 11.6 Å². The van der Waals surface area contributed by atoms with Gasteiger partial charge >= 0.3 is 0 Å². The number of hydrogen-bond donors (Lipinski definition) is 2. The van der Waals surface area contributed by atoms with Gasteiger partial charge in [-0.15, -0.1) is 0 Å². The Morgan fingerprint density at radius 2 is 1.00 bits per heavy atom. The number of anilines is 4. The molecule has 2 heterocycles. The molecule has 0 radical (unpaired) electrons. The lowest BCUT2D eigenvalue weighted by atomic mass is 9.71. The first kappa shape index (κ1) is 53.7. The molecule has 0 spiro atoms. The molecule has 6 aromatic rings. The molecule has 2 aliphatic carbocycles. The number of aromatic hydroxyl groups is 2. The number of hydrogen-bond acceptors (Lipinski definition) is 6. The zero-order valence-corrected chi connectivity index (χ0v) is 47.3. The van der Waals surface area contributed by atoms with Crippen molar-refractivity contribution in [1.29, 1.82) is 0 Å². The molecule has 10 rings (SSSR count). The molecular weight excluding hydrogens is 970 g/mol. The fraction of sp³-hybridized carbons (Fsp3) is 0.463. The summed E-state index contributed by atoms with van der Waals surface area (Å²) in [6.45, 7) is 22.7. The Morgan fingerprint density at radius 3 is 1.51 bits per heavy atom. The van der Waals surface area contributed by atoms with Gasteiger partial charge in [0.15, 0.2) is 11.6 Å². The van der Waals surface area contributed by atoms with Gasteiger partial charge in [0, 0.05) is 75.1 Å². The second-order valence-electron chi connectivity index (χ2n) is 26.3. The first-order valence-electron chi connectivity index (χ1n) is 28.1. The Labute approximate surface area is 456 Å². The minimum absolute atomic E-state index is 0.0277. The van der Waals surface area contributed by atoms with Gasteiger partial charge in [-0.1, -0.05) is 143 Å². The fourth-order valence-electron chi connectivity index (χ4n) is 14.4. The summed E-state index contributed by atoms with van der Waals surface area (Å²) >= 11 is 6.83. The Kier molecular flexibility index (Phi) is 14.5. The molecule has 0 saturated heterocycles. The molecule has 6 nitrogen and oxygen atoms in total. The van der Waals surface area contributed by atoms with Crippen molar-refractivity contribution in [2.24, 2.45) is 10.8 Å². The number of benzene rings is 6. The number of para-hydroxylation sites is 2. The van der Waals surface area contributed by atoms with Crippen LogP contribution in [0.2, 0.25) is 5.02 Å². The van der Waals surface area contributed by atoms with Gasteiger partial charge in [-0.05, 0) is 143 Å². The van der Waals surface area contributed by atoms with Crippen molar-refractivity contribution in [1.82, 2.24) is 0 Å². The molecule has 2 N–H and O–H groups in total. The van der Waals surface area contributed by atoms with Crippen molar-refractivity contribution in [3.8, 4) is 45.3 Å². The smallest absolute Gasteiger partial charge is 0.168 e. The highest BCUT2D eigenvalue weighted by atomic mass is 35.5. The highest BCUT2D eigenvalue weighted by Crippen LogP contribution is 2.58. The summed E-state index contributed by atoms with van der Waals surface area (Å²) in [5.41, 5.74) is 9.52. The third kappa shape index (κ3) is 10.5. The maximum atomic E-state index is 16.4. The van der Waals surface area contributed by atoms with Crippen LogP contribution in [-0.4, -0.2) is 35.5 Å². The van der Waals surface area contributed by atoms with E-state index in [1.165, 1.54) is 23.6 Å². The average molecular weight is 1050 g/mol. The number of nitrogens with zero attached hydrogens (tertiary/aromatic N) is 2. The largest absolute Gasteiger partial charge is 0.505 e. The van der Waals surface area contributed by atoms with E-state index in [4.69, 9.17) is 21.1 Å². The fourth-order valence-corrected chi connectivity index (χ4v) is 14.6. The van der Waals surface area contributed by atoms with Crippen LogP contribution < -0.4 is 19.3 Å². The van der Waals surface area contributed by atoms with Gasteiger partial charge in [0.1, 0.15) is 23.1 Å². The highest BCUT2D eigenvalue weighted by Gasteiger charge is 2.44. The normalized spacial score (nSPS) is 19.5. The minimum atomic E-state index is -0.851. The molecule has 402 valence electrons. The first-order valence-corrected chi connectivity index (χ1v) is 28.4. The Morgan fingerprint density at radius 1 is 0.526 bits per heavy atom. The molecule has 0 aromatic heterocycles. The van der Waals surface area contributed by atoms with Gasteiger partial charge in [-0.2, -0.15) is 0 Å². The molecule has 4 unspecified atom stereocenters. The highest BCUT2D eigenvalue weighted by molar-refractivity contribution is 6.31. The lowest BCUT2D eigenvalue weighted by Gasteiger charge is -2.37. The van der Waals surface area contributed by atoms with Gasteiger partial charge in [0.25, 0.3) is 0 Å². The van der Waals surface area contributed by atoms with Crippen molar-refractivity contribution >= 4 is 34.4 Å². The van der Waals surface area contributed by atoms with E-state index in [9.17, 15) is 10.2 Å². The van der Waals surface area contributed by atoms with Gasteiger partial charge in [0.05, 0.1) is 24.6 Å². The summed E-state index contributed by atoms with van der Waals surface area (Å²) in [7, 11) is 0. The van der Waals surface area contributed by atoms with Crippen molar-refractivity contribution in [2.45, 2.75) is 175 Å². The molecule has 2 fully saturated rings. The monoisotopic (exact) mass is 1050 g/mol. The molecule has 0 amide bonds. The quantitative estimate of drug-likeness (QED) is 0.106. The number of fused-ring (bicyclic) bond motifs is 6. The third-order valence-corrected chi connectivity index (χ3v) is 17.1. The number of rotatable bonds is 14. The van der Waals surface area contributed by atoms with Crippen LogP contribution in [0.5, 0.6) is 23.0 Å². The van der Waals surface area contributed by atoms with Crippen molar-refractivity contribution in [2.75, 3.05) is 23.0 Å². The summed E-state index contributed by atoms with van der Waals surface area (Å²) in [6.07, 6.45) is 10.9. The summed E-state index contributed by atoms with van der Waals surface area (Å²) in [5.74, 6) is -0.343. The number of phenolic OH excluding ortho intramolecular Hbond substituents is 2.